The van der Waals surface area contributed by atoms with Crippen molar-refractivity contribution in [2.45, 2.75) is 38.6 Å². The van der Waals surface area contributed by atoms with Gasteiger partial charge in [0.2, 0.25) is 5.91 Å². The molecule has 27 heavy (non-hydrogen) atoms. The third-order valence-electron chi connectivity index (χ3n) is 4.66. The van der Waals surface area contributed by atoms with Crippen molar-refractivity contribution in [2.75, 3.05) is 5.32 Å². The van der Waals surface area contributed by atoms with E-state index in [-0.39, 0.29) is 22.6 Å². The van der Waals surface area contributed by atoms with Crippen LogP contribution >= 0.6 is 11.3 Å². The number of carbonyl (C=O) groups excluding carboxylic acids is 2. The van der Waals surface area contributed by atoms with E-state index in [1.807, 2.05) is 24.3 Å². The fourth-order valence-electron chi connectivity index (χ4n) is 3.21. The van der Waals surface area contributed by atoms with Crippen molar-refractivity contribution in [1.82, 2.24) is 5.32 Å². The van der Waals surface area contributed by atoms with E-state index >= 15 is 0 Å². The third-order valence-corrected chi connectivity index (χ3v) is 5.74. The lowest BCUT2D eigenvalue weighted by Gasteiger charge is -2.20. The molecule has 1 aromatic heterocycles. The quantitative estimate of drug-likeness (QED) is 0.702. The number of rotatable bonds is 6. The molecule has 0 aliphatic heterocycles. The summed E-state index contributed by atoms with van der Waals surface area (Å²) >= 11 is 0.943. The number of aromatic carboxylic acids is 1. The number of hydrogen-bond donors (Lipinski definition) is 3. The summed E-state index contributed by atoms with van der Waals surface area (Å²) in [6.45, 7) is 0.298. The van der Waals surface area contributed by atoms with Gasteiger partial charge in [-0.2, -0.15) is 0 Å². The summed E-state index contributed by atoms with van der Waals surface area (Å²) in [6, 6.07) is 10.3. The topological polar surface area (TPSA) is 95.5 Å². The SMILES string of the molecule is O=C(O)c1ccc(C(=O)NCc2cccc(NC(=O)C3CCCCC3)c2)s1. The Morgan fingerprint density at radius 1 is 1.04 bits per heavy atom. The highest BCUT2D eigenvalue weighted by molar-refractivity contribution is 7.15. The lowest BCUT2D eigenvalue weighted by atomic mass is 9.88. The molecule has 1 heterocycles. The summed E-state index contributed by atoms with van der Waals surface area (Å²) < 4.78 is 0. The predicted molar refractivity (Wildman–Crippen MR) is 104 cm³/mol. The standard InChI is InChI=1S/C20H22N2O4S/c23-18(14-6-2-1-3-7-14)22-15-8-4-5-13(11-15)12-21-19(24)16-9-10-17(27-16)20(25)26/h4-5,8-11,14H,1-3,6-7,12H2,(H,21,24)(H,22,23)(H,25,26). The van der Waals surface area contributed by atoms with Crippen molar-refractivity contribution in [2.24, 2.45) is 5.92 Å². The smallest absolute Gasteiger partial charge is 0.345 e. The van der Waals surface area contributed by atoms with E-state index < -0.39 is 5.97 Å². The predicted octanol–water partition coefficient (Wildman–Crippen LogP) is 3.90. The molecule has 0 spiro atoms. The molecule has 0 atom stereocenters. The molecule has 3 rings (SSSR count). The van der Waals surface area contributed by atoms with Crippen LogP contribution in [0.3, 0.4) is 0 Å². The van der Waals surface area contributed by atoms with E-state index in [0.29, 0.717) is 11.4 Å². The van der Waals surface area contributed by atoms with Crippen LogP contribution in [0.5, 0.6) is 0 Å². The minimum Gasteiger partial charge on any atom is -0.477 e. The van der Waals surface area contributed by atoms with Gasteiger partial charge < -0.3 is 15.7 Å². The molecule has 3 N–H and O–H groups in total. The number of nitrogens with one attached hydrogen (secondary N) is 2. The lowest BCUT2D eigenvalue weighted by molar-refractivity contribution is -0.120. The van der Waals surface area contributed by atoms with E-state index in [0.717, 1.165) is 48.3 Å². The second kappa shape index (κ2) is 8.81. The van der Waals surface area contributed by atoms with Crippen molar-refractivity contribution < 1.29 is 19.5 Å². The van der Waals surface area contributed by atoms with E-state index in [9.17, 15) is 14.4 Å². The Hall–Kier alpha value is -2.67. The Labute approximate surface area is 161 Å². The Balaban J connectivity index is 1.56. The fourth-order valence-corrected chi connectivity index (χ4v) is 3.97. The highest BCUT2D eigenvalue weighted by atomic mass is 32.1. The molecule has 0 unspecified atom stereocenters. The first-order chi connectivity index (χ1) is 13.0. The summed E-state index contributed by atoms with van der Waals surface area (Å²) in [5, 5.41) is 14.7. The molecule has 1 saturated carbocycles. The van der Waals surface area contributed by atoms with Crippen LogP contribution < -0.4 is 10.6 Å². The van der Waals surface area contributed by atoms with Crippen molar-refractivity contribution in [3.63, 3.8) is 0 Å². The highest BCUT2D eigenvalue weighted by Gasteiger charge is 2.21. The summed E-state index contributed by atoms with van der Waals surface area (Å²) in [5.41, 5.74) is 1.58. The zero-order chi connectivity index (χ0) is 19.2. The van der Waals surface area contributed by atoms with Gasteiger partial charge in [0, 0.05) is 18.2 Å². The van der Waals surface area contributed by atoms with E-state index in [1.54, 1.807) is 0 Å². The van der Waals surface area contributed by atoms with Gasteiger partial charge in [-0.05, 0) is 42.7 Å². The molecule has 1 fully saturated rings. The summed E-state index contributed by atoms with van der Waals surface area (Å²) in [5.74, 6) is -1.20. The van der Waals surface area contributed by atoms with Crippen LogP contribution in [0.4, 0.5) is 5.69 Å². The van der Waals surface area contributed by atoms with Gasteiger partial charge in [-0.1, -0.05) is 31.4 Å². The van der Waals surface area contributed by atoms with Crippen LogP contribution in [0.25, 0.3) is 0 Å². The first-order valence-corrected chi connectivity index (χ1v) is 9.86. The van der Waals surface area contributed by atoms with E-state index in [4.69, 9.17) is 5.11 Å². The molecule has 2 aromatic rings. The van der Waals surface area contributed by atoms with Gasteiger partial charge in [0.25, 0.3) is 5.91 Å². The normalized spacial score (nSPS) is 14.5. The van der Waals surface area contributed by atoms with Gasteiger partial charge >= 0.3 is 5.97 Å². The molecule has 6 nitrogen and oxygen atoms in total. The number of carbonyl (C=O) groups is 3. The maximum absolute atomic E-state index is 12.4. The first-order valence-electron chi connectivity index (χ1n) is 9.04. The highest BCUT2D eigenvalue weighted by Crippen LogP contribution is 2.25. The van der Waals surface area contributed by atoms with Crippen molar-refractivity contribution >= 4 is 34.8 Å². The molecule has 0 bridgehead atoms. The lowest BCUT2D eigenvalue weighted by Crippen LogP contribution is -2.25. The average molecular weight is 386 g/mol. The molecule has 1 aromatic carbocycles. The fraction of sp³-hybridized carbons (Fsp3) is 0.350. The van der Waals surface area contributed by atoms with E-state index in [1.165, 1.54) is 18.6 Å². The second-order valence-electron chi connectivity index (χ2n) is 6.68. The van der Waals surface area contributed by atoms with Gasteiger partial charge in [0.15, 0.2) is 0 Å². The molecule has 142 valence electrons. The summed E-state index contributed by atoms with van der Waals surface area (Å²) in [6.07, 6.45) is 5.31. The molecule has 0 saturated heterocycles. The number of amides is 2. The van der Waals surface area contributed by atoms with Crippen LogP contribution in [0.1, 0.15) is 57.0 Å². The summed E-state index contributed by atoms with van der Waals surface area (Å²) in [4.78, 5) is 35.9. The number of hydrogen-bond acceptors (Lipinski definition) is 4. The first kappa shape index (κ1) is 19.1. The van der Waals surface area contributed by atoms with Crippen LogP contribution in [0, 0.1) is 5.92 Å². The number of anilines is 1. The zero-order valence-electron chi connectivity index (χ0n) is 14.9. The number of carboxylic acids is 1. The van der Waals surface area contributed by atoms with Crippen LogP contribution in [-0.2, 0) is 11.3 Å². The molecular formula is C20H22N2O4S. The monoisotopic (exact) mass is 386 g/mol. The summed E-state index contributed by atoms with van der Waals surface area (Å²) in [7, 11) is 0. The van der Waals surface area contributed by atoms with Gasteiger partial charge in [0.05, 0.1) is 4.88 Å². The molecular weight excluding hydrogens is 364 g/mol. The number of benzene rings is 1. The van der Waals surface area contributed by atoms with Crippen LogP contribution in [-0.4, -0.2) is 22.9 Å². The third kappa shape index (κ3) is 5.17. The number of carboxylic acid groups (broad SMARTS) is 1. The Morgan fingerprint density at radius 3 is 2.48 bits per heavy atom. The molecule has 7 heteroatoms. The molecule has 1 aliphatic carbocycles. The van der Waals surface area contributed by atoms with Gasteiger partial charge in [-0.3, -0.25) is 9.59 Å². The molecule has 0 radical (unpaired) electrons. The molecule has 1 aliphatic rings. The Bertz CT molecular complexity index is 840. The van der Waals surface area contributed by atoms with E-state index in [2.05, 4.69) is 10.6 Å². The van der Waals surface area contributed by atoms with Crippen molar-refractivity contribution in [3.8, 4) is 0 Å². The van der Waals surface area contributed by atoms with Gasteiger partial charge in [-0.15, -0.1) is 11.3 Å². The number of thiophene rings is 1. The van der Waals surface area contributed by atoms with Gasteiger partial charge in [0.1, 0.15) is 4.88 Å². The van der Waals surface area contributed by atoms with Crippen LogP contribution in [0.2, 0.25) is 0 Å². The largest absolute Gasteiger partial charge is 0.477 e. The van der Waals surface area contributed by atoms with Gasteiger partial charge in [-0.25, -0.2) is 4.79 Å². The van der Waals surface area contributed by atoms with Crippen molar-refractivity contribution in [3.05, 3.63) is 51.7 Å². The Kier molecular flexibility index (Phi) is 6.24. The minimum absolute atomic E-state index is 0.0654. The maximum atomic E-state index is 12.4. The minimum atomic E-state index is -1.04. The maximum Gasteiger partial charge on any atom is 0.345 e. The molecule has 2 amide bonds. The zero-order valence-corrected chi connectivity index (χ0v) is 15.7. The average Bonchev–Trinajstić information content (AvgIpc) is 3.18. The second-order valence-corrected chi connectivity index (χ2v) is 7.76. The van der Waals surface area contributed by atoms with Crippen LogP contribution in [0.15, 0.2) is 36.4 Å². The Morgan fingerprint density at radius 2 is 1.78 bits per heavy atom. The van der Waals surface area contributed by atoms with Crippen molar-refractivity contribution in [1.29, 1.82) is 0 Å².